The zero-order valence-electron chi connectivity index (χ0n) is 11.5. The summed E-state index contributed by atoms with van der Waals surface area (Å²) in [5.41, 5.74) is 1.89. The summed E-state index contributed by atoms with van der Waals surface area (Å²) in [6.45, 7) is 5.41. The van der Waals surface area contributed by atoms with Gasteiger partial charge in [-0.3, -0.25) is 9.59 Å². The number of allylic oxidation sites excluding steroid dienone is 1. The Labute approximate surface area is 119 Å². The van der Waals surface area contributed by atoms with Gasteiger partial charge in [0.15, 0.2) is 0 Å². The third-order valence-electron chi connectivity index (χ3n) is 3.49. The number of hydrogen-bond donors (Lipinski definition) is 0. The van der Waals surface area contributed by atoms with Crippen molar-refractivity contribution in [3.05, 3.63) is 23.2 Å². The monoisotopic (exact) mass is 239 g/mol. The second-order valence-corrected chi connectivity index (χ2v) is 4.88. The molecule has 0 bridgehead atoms. The number of nitrogens with zero attached hydrogens (tertiary/aromatic N) is 3. The smallest absolute Gasteiger partial charge is 1.00 e. The van der Waals surface area contributed by atoms with Crippen molar-refractivity contribution < 1.29 is 29.9 Å². The van der Waals surface area contributed by atoms with Gasteiger partial charge in [0.1, 0.15) is 11.4 Å². The summed E-state index contributed by atoms with van der Waals surface area (Å²) in [5.74, 6) is 0.0485. The van der Waals surface area contributed by atoms with Crippen LogP contribution in [0.25, 0.3) is 0 Å². The van der Waals surface area contributed by atoms with E-state index in [2.05, 4.69) is 0 Å². The molecule has 5 nitrogen and oxygen atoms in total. The summed E-state index contributed by atoms with van der Waals surface area (Å²) in [5, 5.41) is 0. The van der Waals surface area contributed by atoms with Gasteiger partial charge in [0.2, 0.25) is 11.6 Å². The molecule has 4 aliphatic rings. The van der Waals surface area contributed by atoms with Gasteiger partial charge in [-0.25, -0.2) is 0 Å². The van der Waals surface area contributed by atoms with Crippen LogP contribution in [0.15, 0.2) is 23.2 Å². The third kappa shape index (κ3) is 1.78. The van der Waals surface area contributed by atoms with Gasteiger partial charge >= 0.3 is 18.9 Å². The first kappa shape index (κ1) is 11.9. The van der Waals surface area contributed by atoms with Gasteiger partial charge in [-0.1, -0.05) is 0 Å². The second-order valence-electron chi connectivity index (χ2n) is 4.88. The molecule has 1 aliphatic carbocycles. The fourth-order valence-electron chi connectivity index (χ4n) is 2.28. The fourth-order valence-corrected chi connectivity index (χ4v) is 2.28. The van der Waals surface area contributed by atoms with Gasteiger partial charge in [-0.15, -0.1) is 0 Å². The Morgan fingerprint density at radius 1 is 0.833 bits per heavy atom. The third-order valence-corrected chi connectivity index (χ3v) is 3.49. The summed E-state index contributed by atoms with van der Waals surface area (Å²) in [6.07, 6.45) is 1.52. The first-order valence-electron chi connectivity index (χ1n) is 6.05. The molecule has 0 N–H and O–H groups in total. The van der Waals surface area contributed by atoms with Crippen LogP contribution >= 0.6 is 0 Å². The fraction of sp³-hybridized carbons (Fsp3) is 0.500. The molecule has 0 aromatic carbocycles. The Hall–Kier alpha value is -1.18. The van der Waals surface area contributed by atoms with Crippen molar-refractivity contribution in [2.45, 2.75) is 0 Å². The Morgan fingerprint density at radius 3 is 1.83 bits per heavy atom. The summed E-state index contributed by atoms with van der Waals surface area (Å²) < 4.78 is 0. The van der Waals surface area contributed by atoms with Crippen LogP contribution in [0.5, 0.6) is 0 Å². The van der Waals surface area contributed by atoms with Crippen molar-refractivity contribution in [1.82, 2.24) is 14.7 Å². The zero-order chi connectivity index (χ0) is 11.6. The maximum Gasteiger partial charge on any atom is 1.00 e. The molecule has 0 radical (unpaired) electrons. The number of Topliss-reactive ketones (excluding diaryl/α,β-unsaturated/α-hetero) is 1. The van der Waals surface area contributed by atoms with E-state index < -0.39 is 0 Å². The van der Waals surface area contributed by atoms with E-state index in [1.54, 1.807) is 0 Å². The van der Waals surface area contributed by atoms with E-state index in [0.717, 1.165) is 39.3 Å². The van der Waals surface area contributed by atoms with Crippen molar-refractivity contribution in [1.29, 1.82) is 0 Å². The number of rotatable bonds is 3. The molecule has 0 saturated carbocycles. The summed E-state index contributed by atoms with van der Waals surface area (Å²) in [7, 11) is 0. The minimum atomic E-state index is 0. The van der Waals surface area contributed by atoms with Crippen LogP contribution in [0, 0.1) is 0 Å². The largest absolute Gasteiger partial charge is 1.00 e. The topological polar surface area (TPSA) is 43.2 Å². The predicted molar refractivity (Wildman–Crippen MR) is 61.0 cm³/mol. The molecule has 0 spiro atoms. The van der Waals surface area contributed by atoms with Crippen LogP contribution < -0.4 is 18.9 Å². The molecule has 90 valence electrons. The first-order valence-corrected chi connectivity index (χ1v) is 6.05. The van der Waals surface area contributed by atoms with Crippen LogP contribution in [0.2, 0.25) is 0 Å². The predicted octanol–water partition coefficient (Wildman–Crippen LogP) is -3.70. The van der Waals surface area contributed by atoms with E-state index >= 15 is 0 Å². The molecule has 3 aliphatic heterocycles. The van der Waals surface area contributed by atoms with E-state index in [9.17, 15) is 9.59 Å². The second kappa shape index (κ2) is 3.91. The van der Waals surface area contributed by atoms with E-state index in [4.69, 9.17) is 0 Å². The van der Waals surface area contributed by atoms with E-state index in [-0.39, 0.29) is 31.9 Å². The molecule has 0 amide bonds. The van der Waals surface area contributed by atoms with Gasteiger partial charge < -0.3 is 16.1 Å². The van der Waals surface area contributed by atoms with E-state index in [1.165, 1.54) is 6.08 Å². The molecular formula is C12H14LiN3O2. The molecule has 18 heavy (non-hydrogen) atoms. The first-order chi connectivity index (χ1) is 8.25. The SMILES string of the molecule is O=C1C=C(N2CC2)C(=O)C(N2CC2)=C1N1CC1.[H-].[Li+]. The molecule has 0 atom stereocenters. The Kier molecular flexibility index (Phi) is 2.58. The van der Waals surface area contributed by atoms with E-state index in [0.29, 0.717) is 17.1 Å². The van der Waals surface area contributed by atoms with E-state index in [1.807, 2.05) is 14.7 Å². The number of carbonyl (C=O) groups is 2. The molecular weight excluding hydrogens is 225 g/mol. The van der Waals surface area contributed by atoms with Gasteiger partial charge in [-0.2, -0.15) is 0 Å². The number of hydrogen-bond acceptors (Lipinski definition) is 5. The quantitative estimate of drug-likeness (QED) is 0.288. The minimum Gasteiger partial charge on any atom is -1.00 e. The standard InChI is InChI=1S/C12H13N3O2.Li.H/c16-9-7-8(13-1-2-13)12(17)11(15-5-6-15)10(9)14-3-4-14;;/h7H,1-6H2;;/q;+1;-1. The Balaban J connectivity index is 0.000000667. The zero-order valence-corrected chi connectivity index (χ0v) is 10.5. The van der Waals surface area contributed by atoms with Gasteiger partial charge in [-0.05, 0) is 0 Å². The normalized spacial score (nSPS) is 25.1. The Bertz CT molecular complexity index is 505. The summed E-state index contributed by atoms with van der Waals surface area (Å²) >= 11 is 0. The average Bonchev–Trinajstić information content (AvgIpc) is 3.13. The van der Waals surface area contributed by atoms with Crippen LogP contribution in [0.3, 0.4) is 0 Å². The maximum atomic E-state index is 12.4. The van der Waals surface area contributed by atoms with Crippen molar-refractivity contribution in [3.63, 3.8) is 0 Å². The molecule has 0 aromatic heterocycles. The molecule has 0 aromatic rings. The van der Waals surface area contributed by atoms with Gasteiger partial charge in [0, 0.05) is 45.3 Å². The van der Waals surface area contributed by atoms with Gasteiger partial charge in [0.25, 0.3) is 0 Å². The van der Waals surface area contributed by atoms with Crippen LogP contribution in [0.1, 0.15) is 1.43 Å². The molecule has 3 heterocycles. The van der Waals surface area contributed by atoms with Crippen molar-refractivity contribution in [2.75, 3.05) is 39.3 Å². The molecule has 4 rings (SSSR count). The summed E-state index contributed by atoms with van der Waals surface area (Å²) in [6, 6.07) is 0. The number of ketones is 2. The van der Waals surface area contributed by atoms with Gasteiger partial charge in [0.05, 0.1) is 5.70 Å². The maximum absolute atomic E-state index is 12.4. The molecule has 3 fully saturated rings. The molecule has 3 saturated heterocycles. The van der Waals surface area contributed by atoms with Crippen LogP contribution in [-0.2, 0) is 9.59 Å². The average molecular weight is 239 g/mol. The number of carbonyl (C=O) groups excluding carboxylic acids is 2. The Morgan fingerprint density at radius 2 is 1.33 bits per heavy atom. The van der Waals surface area contributed by atoms with Crippen LogP contribution in [-0.4, -0.2) is 65.5 Å². The van der Waals surface area contributed by atoms with Crippen molar-refractivity contribution in [3.8, 4) is 0 Å². The van der Waals surface area contributed by atoms with Crippen LogP contribution in [0.4, 0.5) is 0 Å². The molecule has 6 heteroatoms. The summed E-state index contributed by atoms with van der Waals surface area (Å²) in [4.78, 5) is 30.5. The molecule has 0 unspecified atom stereocenters. The minimum absolute atomic E-state index is 0. The van der Waals surface area contributed by atoms with Crippen molar-refractivity contribution >= 4 is 11.6 Å². The van der Waals surface area contributed by atoms with Crippen molar-refractivity contribution in [2.24, 2.45) is 0 Å².